The van der Waals surface area contributed by atoms with E-state index in [1.807, 2.05) is 0 Å². The second-order valence-corrected chi connectivity index (χ2v) is 8.85. The summed E-state index contributed by atoms with van der Waals surface area (Å²) in [5, 5.41) is 8.00. The molecule has 31 heavy (non-hydrogen) atoms. The first kappa shape index (κ1) is 21.7. The van der Waals surface area contributed by atoms with E-state index in [4.69, 9.17) is 0 Å². The molecule has 1 aliphatic rings. The van der Waals surface area contributed by atoms with Crippen LogP contribution in [0.5, 0.6) is 0 Å². The number of thiophene rings is 1. The van der Waals surface area contributed by atoms with Gasteiger partial charge in [0.2, 0.25) is 0 Å². The first-order chi connectivity index (χ1) is 14.7. The third kappa shape index (κ3) is 4.55. The lowest BCUT2D eigenvalue weighted by Crippen LogP contribution is -2.60. The summed E-state index contributed by atoms with van der Waals surface area (Å²) < 4.78 is 53.3. The van der Waals surface area contributed by atoms with E-state index in [0.29, 0.717) is 31.2 Å². The van der Waals surface area contributed by atoms with Crippen LogP contribution in [-0.4, -0.2) is 53.9 Å². The molecule has 1 fully saturated rings. The molecule has 3 aromatic rings. The molecule has 0 bridgehead atoms. The number of fused-ring (bicyclic) bond motifs is 1. The Morgan fingerprint density at radius 3 is 2.68 bits per heavy atom. The van der Waals surface area contributed by atoms with Crippen molar-refractivity contribution in [1.29, 1.82) is 0 Å². The van der Waals surface area contributed by atoms with Crippen LogP contribution >= 0.6 is 22.7 Å². The quantitative estimate of drug-likeness (QED) is 0.426. The Bertz CT molecular complexity index is 1110. The van der Waals surface area contributed by atoms with Crippen molar-refractivity contribution in [1.82, 2.24) is 20.5 Å². The van der Waals surface area contributed by atoms with Gasteiger partial charge in [0.1, 0.15) is 4.88 Å². The van der Waals surface area contributed by atoms with E-state index in [2.05, 4.69) is 15.6 Å². The van der Waals surface area contributed by atoms with E-state index < -0.39 is 23.5 Å². The Labute approximate surface area is 181 Å². The normalized spacial score (nSPS) is 14.6. The van der Waals surface area contributed by atoms with E-state index in [1.54, 1.807) is 11.6 Å². The van der Waals surface area contributed by atoms with Gasteiger partial charge < -0.3 is 15.5 Å². The second-order valence-electron chi connectivity index (χ2n) is 6.91. The number of carbonyl (C=O) groups is 2. The summed E-state index contributed by atoms with van der Waals surface area (Å²) in [5.74, 6) is -1.58. The van der Waals surface area contributed by atoms with Crippen molar-refractivity contribution in [2.75, 3.05) is 26.2 Å². The molecule has 0 atom stereocenters. The molecular weight excluding hydrogens is 456 g/mol. The lowest BCUT2D eigenvalue weighted by molar-refractivity contribution is -0.137. The fraction of sp³-hybridized carbons (Fsp3) is 0.316. The number of nitrogens with one attached hydrogen (secondary N) is 2. The van der Waals surface area contributed by atoms with Crippen LogP contribution in [-0.2, 0) is 6.18 Å². The highest BCUT2D eigenvalue weighted by Crippen LogP contribution is 2.37. The summed E-state index contributed by atoms with van der Waals surface area (Å²) in [4.78, 5) is 29.5. The Morgan fingerprint density at radius 2 is 2.00 bits per heavy atom. The van der Waals surface area contributed by atoms with Gasteiger partial charge in [-0.15, -0.1) is 22.7 Å². The number of likely N-dealkylation sites (tertiary alicyclic amines) is 1. The average molecular weight is 472 g/mol. The molecule has 0 saturated carbocycles. The molecule has 6 nitrogen and oxygen atoms in total. The van der Waals surface area contributed by atoms with Gasteiger partial charge in [-0.3, -0.25) is 9.59 Å². The number of carbonyl (C=O) groups excluding carboxylic acids is 2. The molecule has 0 unspecified atom stereocenters. The molecule has 3 heterocycles. The Morgan fingerprint density at radius 1 is 1.23 bits per heavy atom. The molecule has 0 spiro atoms. The van der Waals surface area contributed by atoms with Gasteiger partial charge in [0.05, 0.1) is 5.56 Å². The minimum atomic E-state index is -4.53. The minimum Gasteiger partial charge on any atom is -0.349 e. The Balaban J connectivity index is 1.29. The van der Waals surface area contributed by atoms with Crippen LogP contribution in [0.4, 0.5) is 17.6 Å². The van der Waals surface area contributed by atoms with Crippen molar-refractivity contribution >= 4 is 44.6 Å². The zero-order valence-corrected chi connectivity index (χ0v) is 17.5. The van der Waals surface area contributed by atoms with E-state index in [1.165, 1.54) is 16.2 Å². The third-order valence-corrected chi connectivity index (χ3v) is 6.68. The first-order valence-electron chi connectivity index (χ1n) is 9.23. The van der Waals surface area contributed by atoms with Gasteiger partial charge in [-0.2, -0.15) is 13.2 Å². The van der Waals surface area contributed by atoms with Gasteiger partial charge in [0.25, 0.3) is 11.8 Å². The summed E-state index contributed by atoms with van der Waals surface area (Å²) in [6.07, 6.45) is -2.98. The van der Waals surface area contributed by atoms with Crippen LogP contribution in [0.2, 0.25) is 0 Å². The maximum absolute atomic E-state index is 14.6. The largest absolute Gasteiger partial charge is 0.416 e. The van der Waals surface area contributed by atoms with Gasteiger partial charge in [0.15, 0.2) is 10.8 Å². The summed E-state index contributed by atoms with van der Waals surface area (Å²) >= 11 is 1.97. The number of hydrogen-bond acceptors (Lipinski definition) is 6. The van der Waals surface area contributed by atoms with Gasteiger partial charge >= 0.3 is 6.18 Å². The van der Waals surface area contributed by atoms with Gasteiger partial charge in [-0.25, -0.2) is 9.37 Å². The fourth-order valence-corrected chi connectivity index (χ4v) is 4.80. The zero-order valence-electron chi connectivity index (χ0n) is 15.8. The van der Waals surface area contributed by atoms with E-state index in [0.717, 1.165) is 29.5 Å². The highest BCUT2D eigenvalue weighted by molar-refractivity contribution is 7.20. The van der Waals surface area contributed by atoms with Gasteiger partial charge in [0, 0.05) is 53.9 Å². The van der Waals surface area contributed by atoms with Crippen molar-refractivity contribution in [3.63, 3.8) is 0 Å². The Hall–Kier alpha value is -2.57. The van der Waals surface area contributed by atoms with Crippen LogP contribution in [0, 0.1) is 5.82 Å². The molecule has 2 N–H and O–H groups in total. The molecular formula is C19H16F4N4O2S2. The standard InChI is InChI=1S/C19H16F4N4O2S2/c20-14-12-2-1-10(19(21,22)23)7-13(12)31-15(14)18(29)27-8-11(9-27)24-3-4-25-16(28)17-26-5-6-30-17/h1-2,5-7,11,24H,3-4,8-9H2,(H,25,28). The number of rotatable bonds is 6. The summed E-state index contributed by atoms with van der Waals surface area (Å²) in [7, 11) is 0. The second kappa shape index (κ2) is 8.52. The van der Waals surface area contributed by atoms with Crippen LogP contribution in [0.15, 0.2) is 29.8 Å². The zero-order chi connectivity index (χ0) is 22.2. The lowest BCUT2D eigenvalue weighted by Gasteiger charge is -2.39. The van der Waals surface area contributed by atoms with Crippen molar-refractivity contribution in [3.05, 3.63) is 51.0 Å². The van der Waals surface area contributed by atoms with Gasteiger partial charge in [-0.1, -0.05) is 0 Å². The number of thiazole rings is 1. The number of halogens is 4. The number of aromatic nitrogens is 1. The molecule has 1 aromatic carbocycles. The molecule has 2 amide bonds. The molecule has 1 saturated heterocycles. The van der Waals surface area contributed by atoms with Crippen molar-refractivity contribution < 1.29 is 27.2 Å². The van der Waals surface area contributed by atoms with E-state index in [-0.39, 0.29) is 26.9 Å². The molecule has 164 valence electrons. The van der Waals surface area contributed by atoms with Crippen molar-refractivity contribution in [2.45, 2.75) is 12.2 Å². The maximum atomic E-state index is 14.6. The molecule has 2 aromatic heterocycles. The number of hydrogen-bond donors (Lipinski definition) is 2. The van der Waals surface area contributed by atoms with Crippen LogP contribution < -0.4 is 10.6 Å². The highest BCUT2D eigenvalue weighted by atomic mass is 32.1. The number of nitrogens with zero attached hydrogens (tertiary/aromatic N) is 2. The predicted molar refractivity (Wildman–Crippen MR) is 109 cm³/mol. The highest BCUT2D eigenvalue weighted by Gasteiger charge is 2.35. The summed E-state index contributed by atoms with van der Waals surface area (Å²) in [6.45, 7) is 1.57. The van der Waals surface area contributed by atoms with Crippen LogP contribution in [0.1, 0.15) is 25.0 Å². The van der Waals surface area contributed by atoms with Crippen molar-refractivity contribution in [2.24, 2.45) is 0 Å². The maximum Gasteiger partial charge on any atom is 0.416 e. The average Bonchev–Trinajstić information content (AvgIpc) is 3.33. The first-order valence-corrected chi connectivity index (χ1v) is 10.9. The molecule has 0 radical (unpaired) electrons. The van der Waals surface area contributed by atoms with E-state index >= 15 is 0 Å². The lowest BCUT2D eigenvalue weighted by atomic mass is 10.1. The molecule has 0 aliphatic carbocycles. The Kier molecular flexibility index (Phi) is 5.95. The molecule has 1 aliphatic heterocycles. The monoisotopic (exact) mass is 472 g/mol. The van der Waals surface area contributed by atoms with Crippen LogP contribution in [0.3, 0.4) is 0 Å². The summed E-state index contributed by atoms with van der Waals surface area (Å²) in [5.41, 5.74) is -0.879. The fourth-order valence-electron chi connectivity index (χ4n) is 3.16. The van der Waals surface area contributed by atoms with Gasteiger partial charge in [-0.05, 0) is 18.2 Å². The number of amides is 2. The number of benzene rings is 1. The minimum absolute atomic E-state index is 0.00464. The molecule has 12 heteroatoms. The number of alkyl halides is 3. The predicted octanol–water partition coefficient (Wildman–Crippen LogP) is 3.36. The van der Waals surface area contributed by atoms with E-state index in [9.17, 15) is 27.2 Å². The van der Waals surface area contributed by atoms with Crippen molar-refractivity contribution in [3.8, 4) is 0 Å². The smallest absolute Gasteiger partial charge is 0.349 e. The third-order valence-electron chi connectivity index (χ3n) is 4.79. The van der Waals surface area contributed by atoms with Crippen LogP contribution in [0.25, 0.3) is 10.1 Å². The summed E-state index contributed by atoms with van der Waals surface area (Å²) in [6, 6.07) is 2.72. The SMILES string of the molecule is O=C(NCCNC1CN(C(=O)c2sc3cc(C(F)(F)F)ccc3c2F)C1)c1nccs1. The molecule has 4 rings (SSSR count). The topological polar surface area (TPSA) is 74.3 Å².